The summed E-state index contributed by atoms with van der Waals surface area (Å²) in [5.74, 6) is 0.408. The summed E-state index contributed by atoms with van der Waals surface area (Å²) in [7, 11) is 0. The van der Waals surface area contributed by atoms with Crippen LogP contribution in [-0.2, 0) is 14.3 Å². The Balaban J connectivity index is 1.83. The second-order valence-electron chi connectivity index (χ2n) is 4.88. The number of hydrogen-bond acceptors (Lipinski definition) is 3. The van der Waals surface area contributed by atoms with Crippen molar-refractivity contribution >= 4 is 11.8 Å². The Morgan fingerprint density at radius 2 is 1.50 bits per heavy atom. The molecule has 2 aliphatic heterocycles. The lowest BCUT2D eigenvalue weighted by atomic mass is 9.59. The Morgan fingerprint density at radius 1 is 1.00 bits per heavy atom. The molecule has 2 saturated heterocycles. The van der Waals surface area contributed by atoms with E-state index in [1.165, 1.54) is 0 Å². The highest BCUT2D eigenvalue weighted by atomic mass is 16.6. The summed E-state index contributed by atoms with van der Waals surface area (Å²) in [6.45, 7) is 0. The molecule has 2 bridgehead atoms. The summed E-state index contributed by atoms with van der Waals surface area (Å²) in [5, 5.41) is 2.47. The van der Waals surface area contributed by atoms with Crippen LogP contribution in [0.25, 0.3) is 0 Å². The van der Waals surface area contributed by atoms with Gasteiger partial charge in [0, 0.05) is 11.8 Å². The fraction of sp³-hybridized carbons (Fsp3) is 0.800. The van der Waals surface area contributed by atoms with E-state index in [-0.39, 0.29) is 23.7 Å². The van der Waals surface area contributed by atoms with Crippen LogP contribution in [0.1, 0.15) is 12.8 Å². The van der Waals surface area contributed by atoms with Gasteiger partial charge in [0.05, 0.1) is 24.0 Å². The predicted octanol–water partition coefficient (Wildman–Crippen LogP) is -0.318. The zero-order chi connectivity index (χ0) is 9.45. The molecule has 4 heteroatoms. The predicted molar refractivity (Wildman–Crippen MR) is 45.0 cm³/mol. The largest absolute Gasteiger partial charge is 0.369 e. The van der Waals surface area contributed by atoms with Gasteiger partial charge in [-0.3, -0.25) is 14.9 Å². The van der Waals surface area contributed by atoms with Crippen LogP contribution in [0.4, 0.5) is 0 Å². The van der Waals surface area contributed by atoms with Gasteiger partial charge in [0.15, 0.2) is 0 Å². The minimum Gasteiger partial charge on any atom is -0.369 e. The molecule has 0 aromatic heterocycles. The fourth-order valence-corrected chi connectivity index (χ4v) is 3.84. The summed E-state index contributed by atoms with van der Waals surface area (Å²) in [6.07, 6.45) is 2.72. The smallest absolute Gasteiger partial charge is 0.230 e. The van der Waals surface area contributed by atoms with Gasteiger partial charge in [0.25, 0.3) is 0 Å². The van der Waals surface area contributed by atoms with Crippen molar-refractivity contribution in [1.82, 2.24) is 5.32 Å². The normalized spacial score (nSPS) is 58.0. The van der Waals surface area contributed by atoms with Crippen molar-refractivity contribution in [3.8, 4) is 0 Å². The Bertz CT molecular complexity index is 321. The molecule has 2 heterocycles. The lowest BCUT2D eigenvalue weighted by molar-refractivity contribution is -0.127. The second-order valence-corrected chi connectivity index (χ2v) is 4.88. The maximum atomic E-state index is 11.6. The molecule has 0 aromatic rings. The van der Waals surface area contributed by atoms with Gasteiger partial charge in [-0.1, -0.05) is 0 Å². The van der Waals surface area contributed by atoms with Crippen LogP contribution in [0.3, 0.4) is 0 Å². The Morgan fingerprint density at radius 3 is 2.00 bits per heavy atom. The maximum absolute atomic E-state index is 11.6. The second kappa shape index (κ2) is 2.03. The molecule has 4 nitrogen and oxygen atoms in total. The van der Waals surface area contributed by atoms with E-state index in [0.29, 0.717) is 24.0 Å². The number of rotatable bonds is 0. The van der Waals surface area contributed by atoms with E-state index in [2.05, 4.69) is 5.32 Å². The van der Waals surface area contributed by atoms with Gasteiger partial charge in [-0.2, -0.15) is 0 Å². The molecule has 74 valence electrons. The summed E-state index contributed by atoms with van der Waals surface area (Å²) >= 11 is 0. The molecule has 3 aliphatic carbocycles. The SMILES string of the molecule is O=C1NC(=O)C2C3CCC(C4OC34)C12. The Hall–Kier alpha value is -0.900. The average Bonchev–Trinajstić information content (AvgIpc) is 2.92. The molecule has 0 aromatic carbocycles. The third kappa shape index (κ3) is 0.639. The number of carbonyl (C=O) groups is 2. The van der Waals surface area contributed by atoms with Gasteiger partial charge >= 0.3 is 0 Å². The van der Waals surface area contributed by atoms with Gasteiger partial charge in [-0.05, 0) is 12.8 Å². The van der Waals surface area contributed by atoms with Crippen molar-refractivity contribution in [2.75, 3.05) is 0 Å². The maximum Gasteiger partial charge on any atom is 0.230 e. The zero-order valence-electron chi connectivity index (χ0n) is 7.60. The average molecular weight is 193 g/mol. The third-order valence-corrected chi connectivity index (χ3v) is 4.40. The molecule has 5 fully saturated rings. The van der Waals surface area contributed by atoms with Crippen LogP contribution in [-0.4, -0.2) is 24.0 Å². The van der Waals surface area contributed by atoms with E-state index in [4.69, 9.17) is 4.74 Å². The summed E-state index contributed by atoms with van der Waals surface area (Å²) < 4.78 is 5.57. The number of hydrogen-bond donors (Lipinski definition) is 1. The molecular formula is C10H11NO3. The van der Waals surface area contributed by atoms with E-state index in [9.17, 15) is 9.59 Å². The van der Waals surface area contributed by atoms with Crippen LogP contribution in [0.15, 0.2) is 0 Å². The molecule has 1 N–H and O–H groups in total. The molecule has 2 amide bonds. The van der Waals surface area contributed by atoms with Gasteiger partial charge in [-0.15, -0.1) is 0 Å². The molecule has 0 spiro atoms. The molecule has 6 unspecified atom stereocenters. The summed E-state index contributed by atoms with van der Waals surface area (Å²) in [5.41, 5.74) is 0. The van der Waals surface area contributed by atoms with Crippen LogP contribution < -0.4 is 5.32 Å². The van der Waals surface area contributed by atoms with E-state index < -0.39 is 0 Å². The highest BCUT2D eigenvalue weighted by Gasteiger charge is 2.68. The topological polar surface area (TPSA) is 58.7 Å². The van der Waals surface area contributed by atoms with Crippen LogP contribution in [0.2, 0.25) is 0 Å². The summed E-state index contributed by atoms with van der Waals surface area (Å²) in [4.78, 5) is 23.2. The quantitative estimate of drug-likeness (QED) is 0.424. The summed E-state index contributed by atoms with van der Waals surface area (Å²) in [6, 6.07) is 0. The zero-order valence-corrected chi connectivity index (χ0v) is 7.60. The van der Waals surface area contributed by atoms with E-state index in [1.807, 2.05) is 0 Å². The standard InChI is InChI=1S/C10H11NO3/c12-9-5-3-1-2-4(8-7(3)14-8)6(5)10(13)11-9/h3-8H,1-2H2,(H,11,12,13). The monoisotopic (exact) mass is 193 g/mol. The molecule has 6 atom stereocenters. The van der Waals surface area contributed by atoms with E-state index in [1.54, 1.807) is 0 Å². The highest BCUT2D eigenvalue weighted by Crippen LogP contribution is 2.59. The van der Waals surface area contributed by atoms with Crippen molar-refractivity contribution in [3.05, 3.63) is 0 Å². The first-order valence-corrected chi connectivity index (χ1v) is 5.27. The number of carbonyl (C=O) groups excluding carboxylic acids is 2. The first-order valence-electron chi connectivity index (χ1n) is 5.27. The molecule has 14 heavy (non-hydrogen) atoms. The van der Waals surface area contributed by atoms with Gasteiger partial charge in [0.1, 0.15) is 0 Å². The van der Waals surface area contributed by atoms with Crippen molar-refractivity contribution in [2.45, 2.75) is 25.0 Å². The minimum absolute atomic E-state index is 0.0522. The van der Waals surface area contributed by atoms with Gasteiger partial charge in [-0.25, -0.2) is 0 Å². The number of imide groups is 1. The number of ether oxygens (including phenoxy) is 1. The first kappa shape index (κ1) is 7.40. The Kier molecular flexibility index (Phi) is 1.07. The minimum atomic E-state index is -0.0648. The van der Waals surface area contributed by atoms with Crippen LogP contribution in [0, 0.1) is 23.7 Å². The van der Waals surface area contributed by atoms with Gasteiger partial charge in [0.2, 0.25) is 11.8 Å². The highest BCUT2D eigenvalue weighted by molar-refractivity contribution is 6.05. The van der Waals surface area contributed by atoms with Crippen LogP contribution >= 0.6 is 0 Å². The first-order chi connectivity index (χ1) is 6.77. The van der Waals surface area contributed by atoms with E-state index >= 15 is 0 Å². The fourth-order valence-electron chi connectivity index (χ4n) is 3.84. The molecular weight excluding hydrogens is 182 g/mol. The number of nitrogens with one attached hydrogen (secondary N) is 1. The number of amides is 2. The van der Waals surface area contributed by atoms with Crippen molar-refractivity contribution in [2.24, 2.45) is 23.7 Å². The van der Waals surface area contributed by atoms with Crippen molar-refractivity contribution in [3.63, 3.8) is 0 Å². The number of epoxide rings is 1. The molecule has 5 aliphatic rings. The van der Waals surface area contributed by atoms with Crippen molar-refractivity contribution < 1.29 is 14.3 Å². The van der Waals surface area contributed by atoms with Crippen molar-refractivity contribution in [1.29, 1.82) is 0 Å². The lowest BCUT2D eigenvalue weighted by Gasteiger charge is -2.39. The van der Waals surface area contributed by atoms with E-state index in [0.717, 1.165) is 12.8 Å². The Labute approximate surface area is 81.0 Å². The molecule has 0 radical (unpaired) electrons. The lowest BCUT2D eigenvalue weighted by Crippen LogP contribution is -2.46. The molecule has 5 rings (SSSR count). The molecule has 3 saturated carbocycles. The van der Waals surface area contributed by atoms with Gasteiger partial charge < -0.3 is 4.74 Å². The number of fused-ring (bicyclic) bond motifs is 1. The third-order valence-electron chi connectivity index (χ3n) is 4.40. The van der Waals surface area contributed by atoms with Crippen LogP contribution in [0.5, 0.6) is 0 Å².